The molecule has 1 fully saturated rings. The van der Waals surface area contributed by atoms with E-state index in [2.05, 4.69) is 0 Å². The highest BCUT2D eigenvalue weighted by Crippen LogP contribution is 2.25. The largest absolute Gasteiger partial charge is 0.344 e. The van der Waals surface area contributed by atoms with E-state index in [1.165, 1.54) is 4.90 Å². The molecule has 0 unspecified atom stereocenters. The minimum Gasteiger partial charge on any atom is -0.344 e. The Labute approximate surface area is 128 Å². The molecule has 0 aromatic carbocycles. The summed E-state index contributed by atoms with van der Waals surface area (Å²) in [4.78, 5) is 13.5. The molecule has 5 nitrogen and oxygen atoms in total. The Bertz CT molecular complexity index is 417. The number of sulfone groups is 1. The molecule has 1 saturated carbocycles. The molecule has 0 spiro atoms. The smallest absolute Gasteiger partial charge is 0.237 e. The first-order chi connectivity index (χ1) is 8.68. The highest BCUT2D eigenvalue weighted by Gasteiger charge is 2.32. The van der Waals surface area contributed by atoms with Gasteiger partial charge in [0.25, 0.3) is 0 Å². The zero-order chi connectivity index (χ0) is 14.7. The number of hydrogen-bond donors (Lipinski definition) is 1. The van der Waals surface area contributed by atoms with Crippen LogP contribution in [-0.2, 0) is 14.6 Å². The Morgan fingerprint density at radius 2 is 1.80 bits per heavy atom. The third-order valence-electron chi connectivity index (χ3n) is 3.78. The zero-order valence-corrected chi connectivity index (χ0v) is 14.2. The van der Waals surface area contributed by atoms with E-state index in [0.29, 0.717) is 25.9 Å². The van der Waals surface area contributed by atoms with Gasteiger partial charge in [0.15, 0.2) is 9.84 Å². The van der Waals surface area contributed by atoms with Gasteiger partial charge in [-0.05, 0) is 24.8 Å². The van der Waals surface area contributed by atoms with Crippen LogP contribution in [0.25, 0.3) is 0 Å². The average Bonchev–Trinajstić information content (AvgIpc) is 2.82. The van der Waals surface area contributed by atoms with Crippen LogP contribution in [0.5, 0.6) is 0 Å². The Kier molecular flexibility index (Phi) is 7.49. The molecule has 1 aliphatic carbocycles. The highest BCUT2D eigenvalue weighted by atomic mass is 35.5. The van der Waals surface area contributed by atoms with Crippen molar-refractivity contribution in [2.75, 3.05) is 25.9 Å². The van der Waals surface area contributed by atoms with Crippen LogP contribution in [-0.4, -0.2) is 50.4 Å². The number of nitrogens with two attached hydrogens (primary N) is 1. The van der Waals surface area contributed by atoms with Crippen LogP contribution in [0.3, 0.4) is 0 Å². The van der Waals surface area contributed by atoms with Crippen molar-refractivity contribution >= 4 is 28.2 Å². The number of nitrogens with zero attached hydrogens (tertiary/aromatic N) is 1. The van der Waals surface area contributed by atoms with E-state index in [4.69, 9.17) is 5.73 Å². The minimum absolute atomic E-state index is 0. The van der Waals surface area contributed by atoms with Crippen molar-refractivity contribution in [1.29, 1.82) is 0 Å². The summed E-state index contributed by atoms with van der Waals surface area (Å²) in [5.41, 5.74) is 5.43. The molecule has 20 heavy (non-hydrogen) atoms. The second kappa shape index (κ2) is 7.61. The van der Waals surface area contributed by atoms with E-state index in [9.17, 15) is 13.2 Å². The van der Waals surface area contributed by atoms with Crippen molar-refractivity contribution in [3.8, 4) is 0 Å². The second-order valence-electron chi connectivity index (χ2n) is 6.33. The molecular weight excluding hydrogens is 300 g/mol. The topological polar surface area (TPSA) is 80.5 Å². The lowest BCUT2D eigenvalue weighted by Crippen LogP contribution is -2.42. The van der Waals surface area contributed by atoms with Gasteiger partial charge in [-0.1, -0.05) is 26.7 Å². The van der Waals surface area contributed by atoms with E-state index >= 15 is 0 Å². The second-order valence-corrected chi connectivity index (χ2v) is 8.61. The summed E-state index contributed by atoms with van der Waals surface area (Å²) in [6.07, 6.45) is 3.31. The lowest BCUT2D eigenvalue weighted by atomic mass is 9.93. The fraction of sp³-hybridized carbons (Fsp3) is 0.923. The lowest BCUT2D eigenvalue weighted by Gasteiger charge is -2.29. The van der Waals surface area contributed by atoms with Crippen LogP contribution in [0.1, 0.15) is 39.5 Å². The third-order valence-corrected chi connectivity index (χ3v) is 5.91. The Morgan fingerprint density at radius 3 is 2.25 bits per heavy atom. The van der Waals surface area contributed by atoms with Crippen LogP contribution in [0.15, 0.2) is 0 Å². The number of amides is 1. The molecule has 0 bridgehead atoms. The van der Waals surface area contributed by atoms with Gasteiger partial charge in [0, 0.05) is 13.6 Å². The SMILES string of the molecule is CN(CC(C)(C)CN)C(=O)CS(=O)(=O)C1CCCC1.Cl. The van der Waals surface area contributed by atoms with Crippen LogP contribution >= 0.6 is 12.4 Å². The summed E-state index contributed by atoms with van der Waals surface area (Å²) in [5, 5.41) is -0.313. The maximum Gasteiger partial charge on any atom is 0.237 e. The summed E-state index contributed by atoms with van der Waals surface area (Å²) >= 11 is 0. The number of carbonyl (C=O) groups is 1. The van der Waals surface area contributed by atoms with E-state index in [0.717, 1.165) is 12.8 Å². The number of halogens is 1. The van der Waals surface area contributed by atoms with Gasteiger partial charge in [0.05, 0.1) is 5.25 Å². The summed E-state index contributed by atoms with van der Waals surface area (Å²) in [6.45, 7) is 4.85. The van der Waals surface area contributed by atoms with Crippen LogP contribution < -0.4 is 5.73 Å². The predicted molar refractivity (Wildman–Crippen MR) is 83.8 cm³/mol. The Morgan fingerprint density at radius 1 is 1.30 bits per heavy atom. The number of carbonyl (C=O) groups excluding carboxylic acids is 1. The molecule has 0 aromatic rings. The van der Waals surface area contributed by atoms with Gasteiger partial charge in [0.2, 0.25) is 5.91 Å². The van der Waals surface area contributed by atoms with Gasteiger partial charge in [-0.2, -0.15) is 0 Å². The maximum atomic E-state index is 12.1. The van der Waals surface area contributed by atoms with Crippen LogP contribution in [0.2, 0.25) is 0 Å². The molecule has 120 valence electrons. The van der Waals surface area contributed by atoms with Gasteiger partial charge in [-0.25, -0.2) is 8.42 Å². The molecule has 0 atom stereocenters. The molecular formula is C13H27ClN2O3S. The first kappa shape index (κ1) is 19.7. The Balaban J connectivity index is 0.00000361. The van der Waals surface area contributed by atoms with Crippen LogP contribution in [0, 0.1) is 5.41 Å². The van der Waals surface area contributed by atoms with E-state index in [-0.39, 0.29) is 34.7 Å². The van der Waals surface area contributed by atoms with Gasteiger partial charge in [-0.15, -0.1) is 12.4 Å². The molecule has 0 radical (unpaired) electrons. The quantitative estimate of drug-likeness (QED) is 0.795. The van der Waals surface area contributed by atoms with Gasteiger partial charge in [0.1, 0.15) is 5.75 Å². The van der Waals surface area contributed by atoms with Crippen molar-refractivity contribution in [3.05, 3.63) is 0 Å². The van der Waals surface area contributed by atoms with Gasteiger partial charge >= 0.3 is 0 Å². The lowest BCUT2D eigenvalue weighted by molar-refractivity contribution is -0.128. The number of hydrogen-bond acceptors (Lipinski definition) is 4. The van der Waals surface area contributed by atoms with E-state index in [1.54, 1.807) is 7.05 Å². The molecule has 0 aromatic heterocycles. The minimum atomic E-state index is -3.29. The molecule has 0 aliphatic heterocycles. The first-order valence-electron chi connectivity index (χ1n) is 6.83. The molecule has 1 amide bonds. The summed E-state index contributed by atoms with van der Waals surface area (Å²) in [6, 6.07) is 0. The summed E-state index contributed by atoms with van der Waals surface area (Å²) in [5.74, 6) is -0.692. The highest BCUT2D eigenvalue weighted by molar-refractivity contribution is 7.92. The average molecular weight is 327 g/mol. The fourth-order valence-corrected chi connectivity index (χ4v) is 4.29. The normalized spacial score (nSPS) is 16.8. The van der Waals surface area contributed by atoms with E-state index in [1.807, 2.05) is 13.8 Å². The molecule has 1 aliphatic rings. The summed E-state index contributed by atoms with van der Waals surface area (Å²) < 4.78 is 24.2. The van der Waals surface area contributed by atoms with Crippen molar-refractivity contribution in [3.63, 3.8) is 0 Å². The van der Waals surface area contributed by atoms with Crippen molar-refractivity contribution < 1.29 is 13.2 Å². The summed E-state index contributed by atoms with van der Waals surface area (Å²) in [7, 11) is -1.65. The van der Waals surface area contributed by atoms with Crippen molar-refractivity contribution in [1.82, 2.24) is 4.90 Å². The van der Waals surface area contributed by atoms with Gasteiger partial charge in [-0.3, -0.25) is 4.79 Å². The number of rotatable bonds is 6. The third kappa shape index (κ3) is 5.58. The Hall–Kier alpha value is -0.330. The first-order valence-corrected chi connectivity index (χ1v) is 8.55. The van der Waals surface area contributed by atoms with Crippen molar-refractivity contribution in [2.45, 2.75) is 44.8 Å². The van der Waals surface area contributed by atoms with Crippen LogP contribution in [0.4, 0.5) is 0 Å². The fourth-order valence-electron chi connectivity index (χ4n) is 2.44. The monoisotopic (exact) mass is 326 g/mol. The molecule has 2 N–H and O–H groups in total. The molecule has 0 heterocycles. The molecule has 0 saturated heterocycles. The molecule has 1 rings (SSSR count). The zero-order valence-electron chi connectivity index (χ0n) is 12.6. The molecule has 7 heteroatoms. The van der Waals surface area contributed by atoms with Gasteiger partial charge < -0.3 is 10.6 Å². The maximum absolute atomic E-state index is 12.1. The standard InChI is InChI=1S/C13H26N2O3S.ClH/c1-13(2,9-14)10-15(3)12(16)8-19(17,18)11-6-4-5-7-11;/h11H,4-10,14H2,1-3H3;1H. The van der Waals surface area contributed by atoms with E-state index < -0.39 is 9.84 Å². The predicted octanol–water partition coefficient (Wildman–Crippen LogP) is 1.21. The van der Waals surface area contributed by atoms with Crippen molar-refractivity contribution in [2.24, 2.45) is 11.1 Å².